The van der Waals surface area contributed by atoms with Crippen LogP contribution in [0.1, 0.15) is 44.7 Å². The Bertz CT molecular complexity index is 399. The fourth-order valence-electron chi connectivity index (χ4n) is 2.00. The Morgan fingerprint density at radius 1 is 1.26 bits per heavy atom. The highest BCUT2D eigenvalue weighted by molar-refractivity contribution is 5.81. The van der Waals surface area contributed by atoms with Gasteiger partial charge in [-0.2, -0.15) is 0 Å². The van der Waals surface area contributed by atoms with Crippen LogP contribution in [0.2, 0.25) is 0 Å². The Hall–Kier alpha value is -1.35. The molecule has 3 nitrogen and oxygen atoms in total. The molecule has 0 bridgehead atoms. The SMILES string of the molecule is CCC(CC)NC(=O)C(C)NCc1cccc(C)c1. The van der Waals surface area contributed by atoms with Crippen molar-refractivity contribution < 1.29 is 4.79 Å². The predicted molar refractivity (Wildman–Crippen MR) is 80.0 cm³/mol. The number of hydrogen-bond acceptors (Lipinski definition) is 2. The van der Waals surface area contributed by atoms with E-state index >= 15 is 0 Å². The van der Waals surface area contributed by atoms with Crippen molar-refractivity contribution in [3.8, 4) is 0 Å². The summed E-state index contributed by atoms with van der Waals surface area (Å²) in [6.45, 7) is 8.90. The second kappa shape index (κ2) is 7.95. The average molecular weight is 262 g/mol. The maximum Gasteiger partial charge on any atom is 0.237 e. The molecule has 0 aromatic heterocycles. The summed E-state index contributed by atoms with van der Waals surface area (Å²) in [5.74, 6) is 0.0846. The number of carbonyl (C=O) groups is 1. The van der Waals surface area contributed by atoms with Gasteiger partial charge in [0.2, 0.25) is 5.91 Å². The quantitative estimate of drug-likeness (QED) is 0.793. The summed E-state index contributed by atoms with van der Waals surface area (Å²) >= 11 is 0. The van der Waals surface area contributed by atoms with Crippen LogP contribution in [-0.2, 0) is 11.3 Å². The molecule has 1 atom stereocenters. The summed E-state index contributed by atoms with van der Waals surface area (Å²) in [5.41, 5.74) is 2.45. The molecule has 0 saturated heterocycles. The van der Waals surface area contributed by atoms with Gasteiger partial charge in [0.05, 0.1) is 6.04 Å². The smallest absolute Gasteiger partial charge is 0.237 e. The standard InChI is InChI=1S/C16H26N2O/c1-5-15(6-2)18-16(19)13(4)17-11-14-9-7-8-12(3)10-14/h7-10,13,15,17H,5-6,11H2,1-4H3,(H,18,19). The molecule has 1 aromatic rings. The van der Waals surface area contributed by atoms with E-state index in [-0.39, 0.29) is 18.0 Å². The van der Waals surface area contributed by atoms with Gasteiger partial charge in [-0.1, -0.05) is 43.7 Å². The number of hydrogen-bond donors (Lipinski definition) is 2. The topological polar surface area (TPSA) is 41.1 Å². The molecule has 1 unspecified atom stereocenters. The monoisotopic (exact) mass is 262 g/mol. The summed E-state index contributed by atoms with van der Waals surface area (Å²) in [6, 6.07) is 8.45. The minimum atomic E-state index is -0.166. The van der Waals surface area contributed by atoms with Crippen LogP contribution in [-0.4, -0.2) is 18.0 Å². The summed E-state index contributed by atoms with van der Waals surface area (Å²) in [4.78, 5) is 12.0. The van der Waals surface area contributed by atoms with Crippen LogP contribution in [0.3, 0.4) is 0 Å². The number of aryl methyl sites for hydroxylation is 1. The third-order valence-electron chi connectivity index (χ3n) is 3.42. The van der Waals surface area contributed by atoms with Crippen LogP contribution in [0.25, 0.3) is 0 Å². The van der Waals surface area contributed by atoms with E-state index in [0.717, 1.165) is 19.4 Å². The van der Waals surface area contributed by atoms with Gasteiger partial charge in [-0.15, -0.1) is 0 Å². The van der Waals surface area contributed by atoms with Crippen LogP contribution < -0.4 is 10.6 Å². The van der Waals surface area contributed by atoms with Gasteiger partial charge in [0.15, 0.2) is 0 Å². The second-order valence-electron chi connectivity index (χ2n) is 5.11. The molecule has 0 aliphatic heterocycles. The molecule has 2 N–H and O–H groups in total. The van der Waals surface area contributed by atoms with Gasteiger partial charge in [0.1, 0.15) is 0 Å². The van der Waals surface area contributed by atoms with Crippen LogP contribution >= 0.6 is 0 Å². The van der Waals surface area contributed by atoms with Crippen molar-refractivity contribution in [1.29, 1.82) is 0 Å². The molecular formula is C16H26N2O. The van der Waals surface area contributed by atoms with Crippen molar-refractivity contribution in [1.82, 2.24) is 10.6 Å². The van der Waals surface area contributed by atoms with Gasteiger partial charge in [-0.3, -0.25) is 4.79 Å². The first kappa shape index (κ1) is 15.7. The number of rotatable bonds is 7. The van der Waals surface area contributed by atoms with Gasteiger partial charge < -0.3 is 10.6 Å². The van der Waals surface area contributed by atoms with Gasteiger partial charge in [0.25, 0.3) is 0 Å². The van der Waals surface area contributed by atoms with Crippen LogP contribution in [0, 0.1) is 6.92 Å². The van der Waals surface area contributed by atoms with E-state index in [9.17, 15) is 4.79 Å². The summed E-state index contributed by atoms with van der Waals surface area (Å²) in [6.07, 6.45) is 1.96. The molecule has 0 spiro atoms. The minimum absolute atomic E-state index is 0.0846. The predicted octanol–water partition coefficient (Wildman–Crippen LogP) is 2.78. The lowest BCUT2D eigenvalue weighted by Gasteiger charge is -2.19. The van der Waals surface area contributed by atoms with E-state index in [1.807, 2.05) is 13.0 Å². The van der Waals surface area contributed by atoms with Crippen molar-refractivity contribution in [3.63, 3.8) is 0 Å². The summed E-state index contributed by atoms with van der Waals surface area (Å²) in [7, 11) is 0. The Morgan fingerprint density at radius 2 is 1.95 bits per heavy atom. The average Bonchev–Trinajstić information content (AvgIpc) is 2.41. The Morgan fingerprint density at radius 3 is 2.53 bits per heavy atom. The summed E-state index contributed by atoms with van der Waals surface area (Å²) < 4.78 is 0. The molecule has 3 heteroatoms. The third-order valence-corrected chi connectivity index (χ3v) is 3.42. The maximum absolute atomic E-state index is 12.0. The van der Waals surface area contributed by atoms with E-state index in [2.05, 4.69) is 49.6 Å². The van der Waals surface area contributed by atoms with Crippen LogP contribution in [0.15, 0.2) is 24.3 Å². The molecule has 0 heterocycles. The van der Waals surface area contributed by atoms with E-state index in [1.54, 1.807) is 0 Å². The lowest BCUT2D eigenvalue weighted by molar-refractivity contribution is -0.123. The van der Waals surface area contributed by atoms with Crippen molar-refractivity contribution in [2.45, 2.75) is 59.2 Å². The largest absolute Gasteiger partial charge is 0.352 e. The molecule has 106 valence electrons. The van der Waals surface area contributed by atoms with E-state index < -0.39 is 0 Å². The van der Waals surface area contributed by atoms with Crippen LogP contribution in [0.5, 0.6) is 0 Å². The maximum atomic E-state index is 12.0. The lowest BCUT2D eigenvalue weighted by atomic mass is 10.1. The van der Waals surface area contributed by atoms with Crippen molar-refractivity contribution in [2.24, 2.45) is 0 Å². The Labute approximate surface area is 116 Å². The molecule has 0 radical (unpaired) electrons. The van der Waals surface area contributed by atoms with Gasteiger partial charge in [-0.05, 0) is 32.3 Å². The highest BCUT2D eigenvalue weighted by Gasteiger charge is 2.14. The molecule has 0 aliphatic rings. The van der Waals surface area contributed by atoms with E-state index in [4.69, 9.17) is 0 Å². The normalized spacial score (nSPS) is 12.5. The first-order valence-electron chi connectivity index (χ1n) is 7.16. The first-order valence-corrected chi connectivity index (χ1v) is 7.16. The molecule has 0 aliphatic carbocycles. The molecule has 1 amide bonds. The second-order valence-corrected chi connectivity index (χ2v) is 5.11. The molecule has 1 aromatic carbocycles. The summed E-state index contributed by atoms with van der Waals surface area (Å²) in [5, 5.41) is 6.33. The van der Waals surface area contributed by atoms with E-state index in [0.29, 0.717) is 0 Å². The number of amides is 1. The molecular weight excluding hydrogens is 236 g/mol. The van der Waals surface area contributed by atoms with Crippen molar-refractivity contribution in [2.75, 3.05) is 0 Å². The number of benzene rings is 1. The first-order chi connectivity index (χ1) is 9.06. The Balaban J connectivity index is 2.42. The van der Waals surface area contributed by atoms with Crippen LogP contribution in [0.4, 0.5) is 0 Å². The van der Waals surface area contributed by atoms with Gasteiger partial charge in [0, 0.05) is 12.6 Å². The number of carbonyl (C=O) groups excluding carboxylic acids is 1. The van der Waals surface area contributed by atoms with Gasteiger partial charge in [-0.25, -0.2) is 0 Å². The zero-order valence-corrected chi connectivity index (χ0v) is 12.5. The zero-order valence-electron chi connectivity index (χ0n) is 12.5. The molecule has 0 saturated carbocycles. The lowest BCUT2D eigenvalue weighted by Crippen LogP contribution is -2.45. The van der Waals surface area contributed by atoms with Crippen molar-refractivity contribution >= 4 is 5.91 Å². The fourth-order valence-corrected chi connectivity index (χ4v) is 2.00. The van der Waals surface area contributed by atoms with Crippen molar-refractivity contribution in [3.05, 3.63) is 35.4 Å². The molecule has 19 heavy (non-hydrogen) atoms. The Kier molecular flexibility index (Phi) is 6.57. The zero-order chi connectivity index (χ0) is 14.3. The number of nitrogens with one attached hydrogen (secondary N) is 2. The highest BCUT2D eigenvalue weighted by Crippen LogP contribution is 2.04. The van der Waals surface area contributed by atoms with E-state index in [1.165, 1.54) is 11.1 Å². The molecule has 0 fully saturated rings. The highest BCUT2D eigenvalue weighted by atomic mass is 16.2. The van der Waals surface area contributed by atoms with Gasteiger partial charge >= 0.3 is 0 Å². The molecule has 1 rings (SSSR count). The fraction of sp³-hybridized carbons (Fsp3) is 0.562. The minimum Gasteiger partial charge on any atom is -0.352 e. The third kappa shape index (κ3) is 5.43.